The summed E-state index contributed by atoms with van der Waals surface area (Å²) >= 11 is 9.40. The lowest BCUT2D eigenvalue weighted by Crippen LogP contribution is -2.39. The van der Waals surface area contributed by atoms with Crippen molar-refractivity contribution in [3.8, 4) is 11.3 Å². The maximum absolute atomic E-state index is 14.8. The molecule has 0 N–H and O–H groups in total. The summed E-state index contributed by atoms with van der Waals surface area (Å²) in [5.74, 6) is -0.498. The summed E-state index contributed by atoms with van der Waals surface area (Å²) in [7, 11) is 0. The SMILES string of the molecule is CCOC(=O)c1cc(N2CCOC(c3cnn(C4CC4)c3)C2)nc(-c2ccc(Cl)cc2F)c1Br. The molecule has 1 saturated carbocycles. The van der Waals surface area contributed by atoms with Crippen LogP contribution in [0.15, 0.2) is 41.1 Å². The van der Waals surface area contributed by atoms with Crippen LogP contribution in [0.4, 0.5) is 10.2 Å². The summed E-state index contributed by atoms with van der Waals surface area (Å²) in [5.41, 5.74) is 1.82. The average molecular weight is 550 g/mol. The number of pyridine rings is 1. The molecule has 1 aromatic carbocycles. The molecule has 34 heavy (non-hydrogen) atoms. The zero-order valence-corrected chi connectivity index (χ0v) is 20.9. The number of nitrogens with zero attached hydrogens (tertiary/aromatic N) is 4. The lowest BCUT2D eigenvalue weighted by Gasteiger charge is -2.34. The Morgan fingerprint density at radius 3 is 2.91 bits per heavy atom. The molecule has 5 rings (SSSR count). The number of esters is 1. The van der Waals surface area contributed by atoms with Crippen LogP contribution in [0.25, 0.3) is 11.3 Å². The van der Waals surface area contributed by atoms with Gasteiger partial charge in [0.05, 0.1) is 41.2 Å². The average Bonchev–Trinajstić information content (AvgIpc) is 3.56. The minimum Gasteiger partial charge on any atom is -0.462 e. The first-order valence-electron chi connectivity index (χ1n) is 11.2. The van der Waals surface area contributed by atoms with Crippen LogP contribution in [0.3, 0.4) is 0 Å². The molecular weight excluding hydrogens is 527 g/mol. The Balaban J connectivity index is 1.51. The third kappa shape index (κ3) is 4.69. The molecule has 1 aliphatic heterocycles. The van der Waals surface area contributed by atoms with E-state index >= 15 is 0 Å². The van der Waals surface area contributed by atoms with E-state index in [2.05, 4.69) is 21.0 Å². The number of hydrogen-bond donors (Lipinski definition) is 0. The van der Waals surface area contributed by atoms with Crippen molar-refractivity contribution in [3.05, 3.63) is 63.1 Å². The van der Waals surface area contributed by atoms with Gasteiger partial charge in [0.1, 0.15) is 17.7 Å². The van der Waals surface area contributed by atoms with E-state index in [0.717, 1.165) is 18.4 Å². The minimum absolute atomic E-state index is 0.187. The van der Waals surface area contributed by atoms with E-state index in [9.17, 15) is 9.18 Å². The lowest BCUT2D eigenvalue weighted by atomic mass is 10.1. The molecule has 2 aromatic heterocycles. The molecule has 1 aliphatic carbocycles. The highest BCUT2D eigenvalue weighted by molar-refractivity contribution is 9.10. The van der Waals surface area contributed by atoms with Crippen LogP contribution in [0.1, 0.15) is 47.8 Å². The third-order valence-corrected chi connectivity index (χ3v) is 6.97. The van der Waals surface area contributed by atoms with Gasteiger partial charge in [-0.25, -0.2) is 14.2 Å². The van der Waals surface area contributed by atoms with Crippen molar-refractivity contribution in [2.24, 2.45) is 0 Å². The van der Waals surface area contributed by atoms with E-state index in [1.165, 1.54) is 6.07 Å². The van der Waals surface area contributed by atoms with Gasteiger partial charge in [-0.15, -0.1) is 0 Å². The second-order valence-electron chi connectivity index (χ2n) is 8.33. The summed E-state index contributed by atoms with van der Waals surface area (Å²) in [6.45, 7) is 3.54. The summed E-state index contributed by atoms with van der Waals surface area (Å²) in [5, 5.41) is 4.75. The molecule has 2 fully saturated rings. The predicted octanol–water partition coefficient (Wildman–Crippen LogP) is 5.59. The first-order chi connectivity index (χ1) is 16.4. The molecule has 0 bridgehead atoms. The van der Waals surface area contributed by atoms with Crippen molar-refractivity contribution < 1.29 is 18.7 Å². The topological polar surface area (TPSA) is 69.5 Å². The van der Waals surface area contributed by atoms with Crippen LogP contribution < -0.4 is 4.90 Å². The lowest BCUT2D eigenvalue weighted by molar-refractivity contribution is 0.0394. The Hall–Kier alpha value is -2.49. The highest BCUT2D eigenvalue weighted by Gasteiger charge is 2.29. The van der Waals surface area contributed by atoms with Gasteiger partial charge in [-0.05, 0) is 60.0 Å². The summed E-state index contributed by atoms with van der Waals surface area (Å²) in [6.07, 6.45) is 6.01. The number of carbonyl (C=O) groups is 1. The number of ether oxygens (including phenoxy) is 2. The second-order valence-corrected chi connectivity index (χ2v) is 9.55. The molecule has 7 nitrogen and oxygen atoms in total. The molecule has 1 unspecified atom stereocenters. The fourth-order valence-electron chi connectivity index (χ4n) is 4.01. The number of morpholine rings is 1. The Morgan fingerprint density at radius 2 is 2.18 bits per heavy atom. The highest BCUT2D eigenvalue weighted by atomic mass is 79.9. The number of benzene rings is 1. The second kappa shape index (κ2) is 9.64. The largest absolute Gasteiger partial charge is 0.462 e. The minimum atomic E-state index is -0.528. The van der Waals surface area contributed by atoms with Crippen LogP contribution in [0.5, 0.6) is 0 Å². The molecular formula is C24H23BrClFN4O3. The van der Waals surface area contributed by atoms with Gasteiger partial charge in [-0.3, -0.25) is 4.68 Å². The van der Waals surface area contributed by atoms with Crippen molar-refractivity contribution in [1.82, 2.24) is 14.8 Å². The summed E-state index contributed by atoms with van der Waals surface area (Å²) in [4.78, 5) is 19.5. The number of rotatable bonds is 6. The molecule has 3 heterocycles. The number of anilines is 1. The highest BCUT2D eigenvalue weighted by Crippen LogP contribution is 2.37. The van der Waals surface area contributed by atoms with Gasteiger partial charge < -0.3 is 14.4 Å². The Kier molecular flexibility index (Phi) is 6.59. The van der Waals surface area contributed by atoms with Crippen LogP contribution >= 0.6 is 27.5 Å². The van der Waals surface area contributed by atoms with Gasteiger partial charge in [0.15, 0.2) is 0 Å². The molecule has 178 valence electrons. The van der Waals surface area contributed by atoms with Crippen LogP contribution in [0.2, 0.25) is 5.02 Å². The van der Waals surface area contributed by atoms with Crippen LogP contribution in [0, 0.1) is 5.82 Å². The molecule has 0 spiro atoms. The van der Waals surface area contributed by atoms with E-state index < -0.39 is 11.8 Å². The molecule has 1 atom stereocenters. The van der Waals surface area contributed by atoms with Crippen molar-refractivity contribution in [1.29, 1.82) is 0 Å². The summed E-state index contributed by atoms with van der Waals surface area (Å²) in [6, 6.07) is 6.54. The van der Waals surface area contributed by atoms with E-state index in [1.807, 2.05) is 22.0 Å². The molecule has 2 aliphatic rings. The first-order valence-corrected chi connectivity index (χ1v) is 12.4. The van der Waals surface area contributed by atoms with Crippen molar-refractivity contribution >= 4 is 39.3 Å². The van der Waals surface area contributed by atoms with Gasteiger partial charge in [-0.2, -0.15) is 5.10 Å². The molecule has 1 saturated heterocycles. The normalized spacial score (nSPS) is 18.2. The number of aromatic nitrogens is 3. The fourth-order valence-corrected chi connectivity index (χ4v) is 4.75. The first kappa shape index (κ1) is 23.3. The number of hydrogen-bond acceptors (Lipinski definition) is 6. The monoisotopic (exact) mass is 548 g/mol. The van der Waals surface area contributed by atoms with E-state index in [-0.39, 0.29) is 28.9 Å². The Morgan fingerprint density at radius 1 is 1.35 bits per heavy atom. The van der Waals surface area contributed by atoms with Gasteiger partial charge in [0.2, 0.25) is 0 Å². The number of carbonyl (C=O) groups excluding carboxylic acids is 1. The van der Waals surface area contributed by atoms with Gasteiger partial charge in [0.25, 0.3) is 0 Å². The standard InChI is InChI=1S/C24H23BrClFN4O3/c1-2-33-24(32)18-10-21(29-23(22(18)25)17-6-3-15(26)9-19(17)27)30-7-8-34-20(13-30)14-11-28-31(12-14)16-4-5-16/h3,6,9-12,16,20H,2,4-5,7-8,13H2,1H3. The maximum atomic E-state index is 14.8. The zero-order chi connectivity index (χ0) is 23.8. The molecule has 0 radical (unpaired) electrons. The zero-order valence-electron chi connectivity index (χ0n) is 18.5. The van der Waals surface area contributed by atoms with Gasteiger partial charge in [-0.1, -0.05) is 11.6 Å². The quantitative estimate of drug-likeness (QED) is 0.374. The van der Waals surface area contributed by atoms with E-state index in [4.69, 9.17) is 26.1 Å². The van der Waals surface area contributed by atoms with Crippen LogP contribution in [-0.2, 0) is 9.47 Å². The Bertz CT molecular complexity index is 1230. The molecule has 10 heteroatoms. The van der Waals surface area contributed by atoms with E-state index in [1.54, 1.807) is 25.1 Å². The number of halogens is 3. The summed E-state index contributed by atoms with van der Waals surface area (Å²) < 4.78 is 28.5. The van der Waals surface area contributed by atoms with Crippen molar-refractivity contribution in [3.63, 3.8) is 0 Å². The third-order valence-electron chi connectivity index (χ3n) is 5.93. The van der Waals surface area contributed by atoms with Gasteiger partial charge in [0, 0.05) is 35.4 Å². The fraction of sp³-hybridized carbons (Fsp3) is 0.375. The Labute approximate surface area is 209 Å². The van der Waals surface area contributed by atoms with Gasteiger partial charge >= 0.3 is 5.97 Å². The smallest absolute Gasteiger partial charge is 0.339 e. The maximum Gasteiger partial charge on any atom is 0.339 e. The van der Waals surface area contributed by atoms with Crippen molar-refractivity contribution in [2.45, 2.75) is 31.9 Å². The molecule has 0 amide bonds. The molecule has 3 aromatic rings. The van der Waals surface area contributed by atoms with Crippen molar-refractivity contribution in [2.75, 3.05) is 31.2 Å². The van der Waals surface area contributed by atoms with Crippen LogP contribution in [-0.4, -0.2) is 47.0 Å². The predicted molar refractivity (Wildman–Crippen MR) is 130 cm³/mol. The van der Waals surface area contributed by atoms with E-state index in [0.29, 0.717) is 41.7 Å².